The smallest absolute Gasteiger partial charge is 0.272 e. The van der Waals surface area contributed by atoms with Crippen molar-refractivity contribution in [2.75, 3.05) is 5.32 Å². The number of rotatable bonds is 4. The third-order valence-electron chi connectivity index (χ3n) is 4.84. The Bertz CT molecular complexity index is 1240. The van der Waals surface area contributed by atoms with Crippen molar-refractivity contribution in [2.45, 2.75) is 33.2 Å². The van der Waals surface area contributed by atoms with E-state index in [0.717, 1.165) is 15.8 Å². The number of hydrogen-bond donors (Lipinski definition) is 1. The summed E-state index contributed by atoms with van der Waals surface area (Å²) in [5.74, 6) is 0.723. The van der Waals surface area contributed by atoms with Crippen molar-refractivity contribution in [3.05, 3.63) is 70.3 Å². The quantitative estimate of drug-likeness (QED) is 0.549. The molecule has 2 aromatic carbocycles. The predicted molar refractivity (Wildman–Crippen MR) is 115 cm³/mol. The molecule has 0 aliphatic heterocycles. The molecule has 0 fully saturated rings. The van der Waals surface area contributed by atoms with Gasteiger partial charge in [0.1, 0.15) is 17.1 Å². The minimum Gasteiger partial charge on any atom is -0.325 e. The van der Waals surface area contributed by atoms with Gasteiger partial charge in [-0.3, -0.25) is 14.2 Å². The third-order valence-corrected chi connectivity index (χ3v) is 5.98. The molecular formula is C22H21N3O2S. The van der Waals surface area contributed by atoms with Crippen LogP contribution in [0.4, 0.5) is 5.69 Å². The second-order valence-electron chi connectivity index (χ2n) is 7.15. The molecule has 0 radical (unpaired) electrons. The van der Waals surface area contributed by atoms with Gasteiger partial charge in [-0.2, -0.15) is 0 Å². The topological polar surface area (TPSA) is 64.0 Å². The third kappa shape index (κ3) is 3.31. The van der Waals surface area contributed by atoms with E-state index in [4.69, 9.17) is 0 Å². The number of amides is 1. The first-order valence-corrected chi connectivity index (χ1v) is 10.0. The number of aromatic nitrogens is 2. The number of anilines is 1. The van der Waals surface area contributed by atoms with Gasteiger partial charge in [0.2, 0.25) is 5.91 Å². The zero-order valence-corrected chi connectivity index (χ0v) is 16.8. The number of nitrogens with zero attached hydrogens (tertiary/aromatic N) is 2. The summed E-state index contributed by atoms with van der Waals surface area (Å²) in [6.07, 6.45) is 0. The Balaban J connectivity index is 1.63. The van der Waals surface area contributed by atoms with Crippen LogP contribution in [-0.2, 0) is 11.3 Å². The summed E-state index contributed by atoms with van der Waals surface area (Å²) < 4.78 is 3.05. The number of carbonyl (C=O) groups is 1. The van der Waals surface area contributed by atoms with Gasteiger partial charge in [0.15, 0.2) is 0 Å². The Morgan fingerprint density at radius 1 is 1.14 bits per heavy atom. The Labute approximate surface area is 166 Å². The highest BCUT2D eigenvalue weighted by Crippen LogP contribution is 2.30. The molecule has 4 aromatic rings. The van der Waals surface area contributed by atoms with Gasteiger partial charge >= 0.3 is 0 Å². The fourth-order valence-electron chi connectivity index (χ4n) is 3.26. The highest BCUT2D eigenvalue weighted by molar-refractivity contribution is 7.25. The summed E-state index contributed by atoms with van der Waals surface area (Å²) in [4.78, 5) is 30.1. The van der Waals surface area contributed by atoms with E-state index in [1.54, 1.807) is 6.92 Å². The van der Waals surface area contributed by atoms with Crippen LogP contribution in [0.1, 0.15) is 31.2 Å². The summed E-state index contributed by atoms with van der Waals surface area (Å²) in [5, 5.41) is 3.84. The summed E-state index contributed by atoms with van der Waals surface area (Å²) in [6.45, 7) is 5.95. The molecule has 4 rings (SSSR count). The number of fused-ring (bicyclic) bond motifs is 3. The van der Waals surface area contributed by atoms with E-state index < -0.39 is 0 Å². The van der Waals surface area contributed by atoms with Crippen LogP contribution in [0.25, 0.3) is 20.3 Å². The van der Waals surface area contributed by atoms with Crippen LogP contribution in [-0.4, -0.2) is 15.5 Å². The largest absolute Gasteiger partial charge is 0.325 e. The molecule has 0 spiro atoms. The van der Waals surface area contributed by atoms with Crippen LogP contribution in [0.3, 0.4) is 0 Å². The van der Waals surface area contributed by atoms with Crippen molar-refractivity contribution in [1.29, 1.82) is 0 Å². The number of aryl methyl sites for hydroxylation is 1. The van der Waals surface area contributed by atoms with Crippen LogP contribution in [0.2, 0.25) is 0 Å². The molecule has 0 saturated carbocycles. The minimum absolute atomic E-state index is 0.0617. The van der Waals surface area contributed by atoms with Gasteiger partial charge in [-0.1, -0.05) is 44.2 Å². The van der Waals surface area contributed by atoms with Gasteiger partial charge in [-0.05, 0) is 36.6 Å². The number of benzene rings is 2. The van der Waals surface area contributed by atoms with Crippen molar-refractivity contribution < 1.29 is 4.79 Å². The van der Waals surface area contributed by atoms with Gasteiger partial charge in [0.05, 0.1) is 5.52 Å². The van der Waals surface area contributed by atoms with Gasteiger partial charge < -0.3 is 5.32 Å². The van der Waals surface area contributed by atoms with Gasteiger partial charge in [0.25, 0.3) is 5.56 Å². The maximum absolute atomic E-state index is 13.0. The van der Waals surface area contributed by atoms with E-state index in [1.807, 2.05) is 48.5 Å². The lowest BCUT2D eigenvalue weighted by molar-refractivity contribution is -0.116. The van der Waals surface area contributed by atoms with Crippen LogP contribution in [0.15, 0.2) is 53.3 Å². The first-order valence-electron chi connectivity index (χ1n) is 9.22. The van der Waals surface area contributed by atoms with E-state index in [-0.39, 0.29) is 18.0 Å². The minimum atomic E-state index is -0.246. The van der Waals surface area contributed by atoms with Crippen molar-refractivity contribution in [1.82, 2.24) is 9.55 Å². The molecule has 2 aromatic heterocycles. The second-order valence-corrected chi connectivity index (χ2v) is 8.20. The van der Waals surface area contributed by atoms with Crippen molar-refractivity contribution in [3.63, 3.8) is 0 Å². The monoisotopic (exact) mass is 391 g/mol. The molecule has 28 heavy (non-hydrogen) atoms. The number of hydrogen-bond acceptors (Lipinski definition) is 4. The highest BCUT2D eigenvalue weighted by Gasteiger charge is 2.15. The number of nitrogens with one attached hydrogen (secondary N) is 1. The van der Waals surface area contributed by atoms with E-state index in [2.05, 4.69) is 24.1 Å². The zero-order valence-electron chi connectivity index (χ0n) is 16.0. The van der Waals surface area contributed by atoms with Gasteiger partial charge in [-0.25, -0.2) is 4.98 Å². The van der Waals surface area contributed by atoms with E-state index in [9.17, 15) is 9.59 Å². The molecular weight excluding hydrogens is 370 g/mol. The average Bonchev–Trinajstić information content (AvgIpc) is 3.04. The van der Waals surface area contributed by atoms with Crippen molar-refractivity contribution in [3.8, 4) is 0 Å². The highest BCUT2D eigenvalue weighted by atomic mass is 32.1. The Morgan fingerprint density at radius 2 is 1.86 bits per heavy atom. The molecule has 0 atom stereocenters. The first-order chi connectivity index (χ1) is 13.4. The fourth-order valence-corrected chi connectivity index (χ4v) is 4.35. The van der Waals surface area contributed by atoms with E-state index in [0.29, 0.717) is 22.0 Å². The van der Waals surface area contributed by atoms with E-state index in [1.165, 1.54) is 21.5 Å². The average molecular weight is 391 g/mol. The molecule has 0 unspecified atom stereocenters. The molecule has 0 aliphatic rings. The summed E-state index contributed by atoms with van der Waals surface area (Å²) in [6, 6.07) is 15.6. The molecule has 142 valence electrons. The Hall–Kier alpha value is -2.99. The molecule has 1 amide bonds. The zero-order chi connectivity index (χ0) is 19.8. The van der Waals surface area contributed by atoms with Gasteiger partial charge in [0, 0.05) is 15.8 Å². The normalized spacial score (nSPS) is 11.4. The lowest BCUT2D eigenvalue weighted by Gasteiger charge is -2.11. The molecule has 0 aliphatic carbocycles. The maximum atomic E-state index is 13.0. The van der Waals surface area contributed by atoms with Crippen LogP contribution in [0.5, 0.6) is 0 Å². The number of carbonyl (C=O) groups excluding carboxylic acids is 1. The number of thiophene rings is 1. The summed E-state index contributed by atoms with van der Waals surface area (Å²) in [7, 11) is 0. The second kappa shape index (κ2) is 7.20. The molecule has 5 nitrogen and oxygen atoms in total. The van der Waals surface area contributed by atoms with Crippen LogP contribution in [0, 0.1) is 6.92 Å². The van der Waals surface area contributed by atoms with E-state index >= 15 is 0 Å². The SMILES string of the molecule is Cc1nc2c(sc3ccccc32)c(=O)n1CC(=O)Nc1ccc(C(C)C)cc1. The summed E-state index contributed by atoms with van der Waals surface area (Å²) >= 11 is 1.42. The van der Waals surface area contributed by atoms with Crippen molar-refractivity contribution in [2.24, 2.45) is 0 Å². The summed E-state index contributed by atoms with van der Waals surface area (Å²) in [5.41, 5.74) is 2.47. The predicted octanol–water partition coefficient (Wildman–Crippen LogP) is 4.68. The molecule has 6 heteroatoms. The Morgan fingerprint density at radius 3 is 2.57 bits per heavy atom. The molecule has 1 N–H and O–H groups in total. The van der Waals surface area contributed by atoms with Crippen LogP contribution < -0.4 is 10.9 Å². The standard InChI is InChI=1S/C22H21N3O2S/c1-13(2)15-8-10-16(11-9-15)24-19(26)12-25-14(3)23-20-17-6-4-5-7-18(17)28-21(20)22(25)27/h4-11,13H,12H2,1-3H3,(H,24,26). The lowest BCUT2D eigenvalue weighted by Crippen LogP contribution is -2.29. The lowest BCUT2D eigenvalue weighted by atomic mass is 10.0. The maximum Gasteiger partial charge on any atom is 0.272 e. The molecule has 2 heterocycles. The fraction of sp³-hybridized carbons (Fsp3) is 0.227. The Kier molecular flexibility index (Phi) is 4.73. The molecule has 0 saturated heterocycles. The first kappa shape index (κ1) is 18.4. The van der Waals surface area contributed by atoms with Gasteiger partial charge in [-0.15, -0.1) is 11.3 Å². The van der Waals surface area contributed by atoms with Crippen LogP contribution >= 0.6 is 11.3 Å². The molecule has 0 bridgehead atoms. The van der Waals surface area contributed by atoms with Crippen molar-refractivity contribution >= 4 is 43.2 Å².